The summed E-state index contributed by atoms with van der Waals surface area (Å²) in [6, 6.07) is 10.5. The monoisotopic (exact) mass is 409 g/mol. The zero-order chi connectivity index (χ0) is 20.0. The number of esters is 1. The molecule has 2 aromatic carbocycles. The number of anilines is 1. The van der Waals surface area contributed by atoms with Crippen LogP contribution in [0.2, 0.25) is 10.0 Å². The van der Waals surface area contributed by atoms with Gasteiger partial charge in [0.2, 0.25) is 0 Å². The molecular formula is C18H17Cl2N3O4. The molecule has 2 aromatic rings. The van der Waals surface area contributed by atoms with Crippen molar-refractivity contribution in [2.75, 3.05) is 5.32 Å². The number of nitrogens with one attached hydrogen (secondary N) is 2. The largest absolute Gasteiger partial charge is 0.449 e. The first-order valence-electron chi connectivity index (χ1n) is 7.86. The fraction of sp³-hybridized carbons (Fsp3) is 0.167. The molecule has 0 aliphatic carbocycles. The van der Waals surface area contributed by atoms with Crippen LogP contribution in [0.4, 0.5) is 10.5 Å². The van der Waals surface area contributed by atoms with Crippen molar-refractivity contribution in [3.8, 4) is 0 Å². The van der Waals surface area contributed by atoms with Crippen molar-refractivity contribution < 1.29 is 19.1 Å². The van der Waals surface area contributed by atoms with Crippen molar-refractivity contribution in [3.05, 3.63) is 63.6 Å². The molecule has 27 heavy (non-hydrogen) atoms. The van der Waals surface area contributed by atoms with Gasteiger partial charge in [0.1, 0.15) is 0 Å². The van der Waals surface area contributed by atoms with E-state index in [1.165, 1.54) is 19.1 Å². The van der Waals surface area contributed by atoms with Crippen LogP contribution in [-0.2, 0) is 16.1 Å². The fourth-order valence-electron chi connectivity index (χ4n) is 2.06. The Morgan fingerprint density at radius 3 is 2.41 bits per heavy atom. The Hall–Kier alpha value is -2.77. The third kappa shape index (κ3) is 5.87. The summed E-state index contributed by atoms with van der Waals surface area (Å²) in [5, 5.41) is 5.49. The Kier molecular flexibility index (Phi) is 7.04. The molecule has 142 valence electrons. The van der Waals surface area contributed by atoms with E-state index in [0.717, 1.165) is 5.56 Å². The van der Waals surface area contributed by atoms with Crippen LogP contribution < -0.4 is 16.4 Å². The van der Waals surface area contributed by atoms with Gasteiger partial charge in [0.25, 0.3) is 5.91 Å². The second-order valence-electron chi connectivity index (χ2n) is 5.55. The summed E-state index contributed by atoms with van der Waals surface area (Å²) in [6.07, 6.45) is -1.05. The lowest BCUT2D eigenvalue weighted by molar-refractivity contribution is -0.123. The van der Waals surface area contributed by atoms with E-state index in [2.05, 4.69) is 10.6 Å². The lowest BCUT2D eigenvalue weighted by Crippen LogP contribution is -2.30. The maximum atomic E-state index is 12.2. The number of hydrogen-bond donors (Lipinski definition) is 3. The minimum atomic E-state index is -1.05. The highest BCUT2D eigenvalue weighted by atomic mass is 35.5. The van der Waals surface area contributed by atoms with Gasteiger partial charge in [-0.05, 0) is 36.8 Å². The van der Waals surface area contributed by atoms with Crippen molar-refractivity contribution in [1.29, 1.82) is 0 Å². The molecule has 1 unspecified atom stereocenters. The minimum Gasteiger partial charge on any atom is -0.449 e. The minimum absolute atomic E-state index is 0.200. The number of urea groups is 1. The highest BCUT2D eigenvalue weighted by molar-refractivity contribution is 6.44. The van der Waals surface area contributed by atoms with Crippen LogP contribution in [0.5, 0.6) is 0 Å². The smallest absolute Gasteiger partial charge is 0.338 e. The summed E-state index contributed by atoms with van der Waals surface area (Å²) in [4.78, 5) is 35.1. The molecule has 9 heteroatoms. The van der Waals surface area contributed by atoms with E-state index in [1.807, 2.05) is 0 Å². The number of primary amides is 1. The van der Waals surface area contributed by atoms with Gasteiger partial charge >= 0.3 is 12.0 Å². The average molecular weight is 410 g/mol. The first kappa shape index (κ1) is 20.5. The number of carbonyl (C=O) groups is 3. The van der Waals surface area contributed by atoms with Crippen LogP contribution in [0.1, 0.15) is 22.8 Å². The fourth-order valence-corrected chi connectivity index (χ4v) is 2.41. The molecule has 0 aromatic heterocycles. The average Bonchev–Trinajstić information content (AvgIpc) is 2.64. The first-order valence-corrected chi connectivity index (χ1v) is 8.61. The first-order chi connectivity index (χ1) is 12.8. The van der Waals surface area contributed by atoms with E-state index in [4.69, 9.17) is 33.7 Å². The summed E-state index contributed by atoms with van der Waals surface area (Å²) in [5.74, 6) is -1.21. The standard InChI is InChI=1S/C18H17Cl2N3O4/c1-10(16(24)23-14-4-2-3-13(19)15(14)20)27-17(25)12-7-5-11(6-8-12)9-22-18(21)26/h2-8,10H,9H2,1H3,(H,23,24)(H3,21,22,26). The number of hydrogen-bond acceptors (Lipinski definition) is 4. The van der Waals surface area contributed by atoms with Gasteiger partial charge in [0, 0.05) is 6.54 Å². The van der Waals surface area contributed by atoms with Gasteiger partial charge in [-0.1, -0.05) is 41.4 Å². The predicted octanol–water partition coefficient (Wildman–Crippen LogP) is 3.35. The summed E-state index contributed by atoms with van der Waals surface area (Å²) in [5.41, 5.74) is 6.34. The van der Waals surface area contributed by atoms with Crippen LogP contribution in [-0.4, -0.2) is 24.0 Å². The maximum absolute atomic E-state index is 12.2. The van der Waals surface area contributed by atoms with E-state index < -0.39 is 24.0 Å². The van der Waals surface area contributed by atoms with Gasteiger partial charge in [-0.3, -0.25) is 4.79 Å². The molecule has 4 N–H and O–H groups in total. The maximum Gasteiger partial charge on any atom is 0.338 e. The zero-order valence-electron chi connectivity index (χ0n) is 14.3. The Balaban J connectivity index is 1.95. The van der Waals surface area contributed by atoms with Crippen molar-refractivity contribution in [2.24, 2.45) is 5.73 Å². The van der Waals surface area contributed by atoms with Crippen molar-refractivity contribution in [3.63, 3.8) is 0 Å². The van der Waals surface area contributed by atoms with Crippen LogP contribution >= 0.6 is 23.2 Å². The van der Waals surface area contributed by atoms with Crippen LogP contribution in [0.25, 0.3) is 0 Å². The third-order valence-electron chi connectivity index (χ3n) is 3.52. The second-order valence-corrected chi connectivity index (χ2v) is 6.34. The number of halogens is 2. The molecule has 0 saturated heterocycles. The van der Waals surface area contributed by atoms with Gasteiger partial charge < -0.3 is 21.1 Å². The number of carbonyl (C=O) groups excluding carboxylic acids is 3. The van der Waals surface area contributed by atoms with Gasteiger partial charge in [-0.2, -0.15) is 0 Å². The molecule has 3 amide bonds. The molecule has 0 bridgehead atoms. The molecule has 0 aliphatic heterocycles. The van der Waals surface area contributed by atoms with Crippen LogP contribution in [0, 0.1) is 0 Å². The predicted molar refractivity (Wildman–Crippen MR) is 103 cm³/mol. The number of ether oxygens (including phenoxy) is 1. The van der Waals surface area contributed by atoms with E-state index >= 15 is 0 Å². The van der Waals surface area contributed by atoms with Crippen LogP contribution in [0.3, 0.4) is 0 Å². The van der Waals surface area contributed by atoms with Gasteiger partial charge in [0.15, 0.2) is 6.10 Å². The Morgan fingerprint density at radius 1 is 1.11 bits per heavy atom. The van der Waals surface area contributed by atoms with E-state index in [0.29, 0.717) is 10.7 Å². The highest BCUT2D eigenvalue weighted by Crippen LogP contribution is 2.29. The molecule has 1 atom stereocenters. The van der Waals surface area contributed by atoms with Crippen LogP contribution in [0.15, 0.2) is 42.5 Å². The molecule has 0 radical (unpaired) electrons. The number of nitrogens with two attached hydrogens (primary N) is 1. The SMILES string of the molecule is CC(OC(=O)c1ccc(CNC(N)=O)cc1)C(=O)Nc1cccc(Cl)c1Cl. The Labute approximate surface area is 165 Å². The summed E-state index contributed by atoms with van der Waals surface area (Å²) in [6.45, 7) is 1.68. The number of amides is 3. The van der Waals surface area contributed by atoms with Crippen molar-refractivity contribution in [1.82, 2.24) is 5.32 Å². The molecule has 2 rings (SSSR count). The normalized spacial score (nSPS) is 11.4. The van der Waals surface area contributed by atoms with Gasteiger partial charge in [0.05, 0.1) is 21.3 Å². The van der Waals surface area contributed by atoms with Gasteiger partial charge in [-0.25, -0.2) is 9.59 Å². The van der Waals surface area contributed by atoms with Crippen molar-refractivity contribution >= 4 is 46.8 Å². The second kappa shape index (κ2) is 9.25. The molecule has 7 nitrogen and oxygen atoms in total. The molecule has 0 fully saturated rings. The van der Waals surface area contributed by atoms with E-state index in [1.54, 1.807) is 30.3 Å². The zero-order valence-corrected chi connectivity index (χ0v) is 15.8. The number of benzene rings is 2. The Morgan fingerprint density at radius 2 is 1.78 bits per heavy atom. The summed E-state index contributed by atoms with van der Waals surface area (Å²) in [7, 11) is 0. The quantitative estimate of drug-likeness (QED) is 0.635. The van der Waals surface area contributed by atoms with Crippen molar-refractivity contribution in [2.45, 2.75) is 19.6 Å². The van der Waals surface area contributed by atoms with Gasteiger partial charge in [-0.15, -0.1) is 0 Å². The molecule has 0 spiro atoms. The molecule has 0 saturated carbocycles. The lowest BCUT2D eigenvalue weighted by Gasteiger charge is -2.14. The number of rotatable bonds is 6. The molecular weight excluding hydrogens is 393 g/mol. The third-order valence-corrected chi connectivity index (χ3v) is 4.34. The topological polar surface area (TPSA) is 111 Å². The molecule has 0 aliphatic rings. The highest BCUT2D eigenvalue weighted by Gasteiger charge is 2.20. The summed E-state index contributed by atoms with van der Waals surface area (Å²) >= 11 is 11.9. The summed E-state index contributed by atoms with van der Waals surface area (Å²) < 4.78 is 5.16. The van der Waals surface area contributed by atoms with E-state index in [9.17, 15) is 14.4 Å². The van der Waals surface area contributed by atoms with E-state index in [-0.39, 0.29) is 17.1 Å². The lowest BCUT2D eigenvalue weighted by atomic mass is 10.1. The Bertz CT molecular complexity index is 856. The molecule has 0 heterocycles.